The van der Waals surface area contributed by atoms with E-state index in [1.165, 1.54) is 0 Å². The monoisotopic (exact) mass is 402 g/mol. The summed E-state index contributed by atoms with van der Waals surface area (Å²) in [6.45, 7) is 4.14. The van der Waals surface area contributed by atoms with Gasteiger partial charge in [-0.05, 0) is 48.7 Å². The van der Waals surface area contributed by atoms with Gasteiger partial charge in [0.1, 0.15) is 11.6 Å². The molecule has 1 unspecified atom stereocenters. The minimum Gasteiger partial charge on any atom is -0.508 e. The number of phenols is 1. The molecular formula is C23H22N4O3. The van der Waals surface area contributed by atoms with Gasteiger partial charge in [0.2, 0.25) is 12.7 Å². The Morgan fingerprint density at radius 2 is 1.90 bits per heavy atom. The fourth-order valence-electron chi connectivity index (χ4n) is 3.34. The molecule has 5 N–H and O–H groups in total. The molecule has 1 aliphatic rings. The second-order valence-electron chi connectivity index (χ2n) is 6.98. The Labute approximate surface area is 174 Å². The molecule has 0 saturated carbocycles. The molecule has 0 aliphatic carbocycles. The molecule has 0 radical (unpaired) electrons. The van der Waals surface area contributed by atoms with Crippen molar-refractivity contribution in [1.82, 2.24) is 9.97 Å². The van der Waals surface area contributed by atoms with Crippen molar-refractivity contribution in [3.63, 3.8) is 0 Å². The number of hydrogen-bond acceptors (Lipinski definition) is 7. The summed E-state index contributed by atoms with van der Waals surface area (Å²) in [6.07, 6.45) is 0.657. The molecular weight excluding hydrogens is 380 g/mol. The first-order chi connectivity index (χ1) is 14.5. The van der Waals surface area contributed by atoms with Gasteiger partial charge in [0, 0.05) is 11.5 Å². The van der Waals surface area contributed by atoms with Crippen LogP contribution in [0.1, 0.15) is 36.6 Å². The second kappa shape index (κ2) is 7.84. The summed E-state index contributed by atoms with van der Waals surface area (Å²) >= 11 is 0. The maximum atomic E-state index is 9.60. The van der Waals surface area contributed by atoms with Crippen LogP contribution < -0.4 is 20.9 Å². The van der Waals surface area contributed by atoms with Gasteiger partial charge < -0.3 is 26.0 Å². The van der Waals surface area contributed by atoms with Crippen LogP contribution in [0.15, 0.2) is 36.4 Å². The van der Waals surface area contributed by atoms with Crippen molar-refractivity contribution in [1.29, 1.82) is 0 Å². The van der Waals surface area contributed by atoms with E-state index in [1.807, 2.05) is 38.1 Å². The van der Waals surface area contributed by atoms with Gasteiger partial charge in [-0.15, -0.1) is 0 Å². The number of anilines is 2. The summed E-state index contributed by atoms with van der Waals surface area (Å²) in [5.41, 5.74) is 15.8. The highest BCUT2D eigenvalue weighted by Gasteiger charge is 2.22. The molecule has 2 aromatic carbocycles. The topological polar surface area (TPSA) is 117 Å². The molecule has 1 atom stereocenters. The summed E-state index contributed by atoms with van der Waals surface area (Å²) in [5, 5.41) is 9.60. The van der Waals surface area contributed by atoms with E-state index in [-0.39, 0.29) is 30.2 Å². The van der Waals surface area contributed by atoms with Crippen molar-refractivity contribution in [2.75, 3.05) is 18.3 Å². The van der Waals surface area contributed by atoms with Crippen LogP contribution in [0.5, 0.6) is 17.2 Å². The van der Waals surface area contributed by atoms with Crippen molar-refractivity contribution in [2.24, 2.45) is 0 Å². The van der Waals surface area contributed by atoms with Crippen molar-refractivity contribution < 1.29 is 14.6 Å². The number of nitrogens with zero attached hydrogens (tertiary/aromatic N) is 2. The number of fused-ring (bicyclic) bond motifs is 1. The minimum absolute atomic E-state index is 0.114. The molecule has 152 valence electrons. The first kappa shape index (κ1) is 19.4. The third-order valence-electron chi connectivity index (χ3n) is 4.95. The lowest BCUT2D eigenvalue weighted by Gasteiger charge is -2.12. The van der Waals surface area contributed by atoms with E-state index in [4.69, 9.17) is 20.9 Å². The van der Waals surface area contributed by atoms with Gasteiger partial charge in [-0.1, -0.05) is 30.9 Å². The zero-order valence-electron chi connectivity index (χ0n) is 16.8. The summed E-state index contributed by atoms with van der Waals surface area (Å²) < 4.78 is 11.3. The first-order valence-corrected chi connectivity index (χ1v) is 9.62. The maximum absolute atomic E-state index is 9.60. The lowest BCUT2D eigenvalue weighted by Crippen LogP contribution is -2.06. The van der Waals surface area contributed by atoms with Crippen LogP contribution in [0.25, 0.3) is 11.1 Å². The number of rotatable bonds is 3. The molecule has 30 heavy (non-hydrogen) atoms. The number of nitrogens with two attached hydrogens (primary N) is 2. The molecule has 3 aromatic rings. The molecule has 0 bridgehead atoms. The molecule has 1 aromatic heterocycles. The van der Waals surface area contributed by atoms with Crippen molar-refractivity contribution in [3.8, 4) is 40.2 Å². The summed E-state index contributed by atoms with van der Waals surface area (Å²) in [4.78, 5) is 8.26. The molecule has 2 heterocycles. The van der Waals surface area contributed by atoms with Crippen molar-refractivity contribution in [3.05, 3.63) is 53.2 Å². The summed E-state index contributed by atoms with van der Waals surface area (Å²) in [6, 6.07) is 10.9. The second-order valence-corrected chi connectivity index (χ2v) is 6.98. The van der Waals surface area contributed by atoms with Crippen LogP contribution in [-0.2, 0) is 6.42 Å². The highest BCUT2D eigenvalue weighted by molar-refractivity contribution is 5.76. The number of nitrogen functional groups attached to an aromatic ring is 2. The van der Waals surface area contributed by atoms with Crippen LogP contribution in [0.4, 0.5) is 11.8 Å². The predicted molar refractivity (Wildman–Crippen MR) is 115 cm³/mol. The average molecular weight is 402 g/mol. The van der Waals surface area contributed by atoms with E-state index in [2.05, 4.69) is 21.8 Å². The summed E-state index contributed by atoms with van der Waals surface area (Å²) in [7, 11) is 0. The SMILES string of the molecule is CCc1nc(N)nc(N)c1C#CC(C)c1cc2c(c(-c3ccc(O)cc3)c1)OCO2. The molecule has 7 nitrogen and oxygen atoms in total. The number of phenolic OH excluding ortho intramolecular Hbond substituents is 1. The predicted octanol–water partition coefficient (Wildman–Crippen LogP) is 3.46. The number of aromatic hydroxyl groups is 1. The highest BCUT2D eigenvalue weighted by Crippen LogP contribution is 2.44. The van der Waals surface area contributed by atoms with Crippen LogP contribution in [0.2, 0.25) is 0 Å². The van der Waals surface area contributed by atoms with Gasteiger partial charge in [-0.25, -0.2) is 4.98 Å². The van der Waals surface area contributed by atoms with Crippen LogP contribution >= 0.6 is 0 Å². The first-order valence-electron chi connectivity index (χ1n) is 9.62. The highest BCUT2D eigenvalue weighted by atomic mass is 16.7. The number of hydrogen-bond donors (Lipinski definition) is 3. The molecule has 4 rings (SSSR count). The molecule has 0 fully saturated rings. The van der Waals surface area contributed by atoms with E-state index >= 15 is 0 Å². The fourth-order valence-corrected chi connectivity index (χ4v) is 3.34. The van der Waals surface area contributed by atoms with Gasteiger partial charge in [0.05, 0.1) is 11.3 Å². The smallest absolute Gasteiger partial charge is 0.231 e. The third kappa shape index (κ3) is 3.67. The van der Waals surface area contributed by atoms with E-state index in [0.717, 1.165) is 22.4 Å². The Morgan fingerprint density at radius 3 is 2.63 bits per heavy atom. The zero-order valence-corrected chi connectivity index (χ0v) is 16.8. The van der Waals surface area contributed by atoms with Crippen LogP contribution in [0, 0.1) is 11.8 Å². The number of aryl methyl sites for hydroxylation is 1. The van der Waals surface area contributed by atoms with Crippen molar-refractivity contribution >= 4 is 11.8 Å². The molecule has 0 saturated heterocycles. The minimum atomic E-state index is -0.114. The summed E-state index contributed by atoms with van der Waals surface area (Å²) in [5.74, 6) is 8.27. The quantitative estimate of drug-likeness (QED) is 0.574. The molecule has 1 aliphatic heterocycles. The number of benzene rings is 2. The molecule has 0 amide bonds. The lowest BCUT2D eigenvalue weighted by molar-refractivity contribution is 0.174. The van der Waals surface area contributed by atoms with Gasteiger partial charge in [-0.3, -0.25) is 0 Å². The van der Waals surface area contributed by atoms with Gasteiger partial charge in [-0.2, -0.15) is 4.98 Å². The van der Waals surface area contributed by atoms with Crippen LogP contribution in [-0.4, -0.2) is 21.9 Å². The van der Waals surface area contributed by atoms with Gasteiger partial charge in [0.15, 0.2) is 11.5 Å². The number of aromatic nitrogens is 2. The Bertz CT molecular complexity index is 1160. The standard InChI is InChI=1S/C23H22N4O3/c1-3-19-17(22(24)27-23(25)26-19)9-4-13(2)15-10-18(14-5-7-16(28)8-6-14)21-20(11-15)29-12-30-21/h5-8,10-11,13,28H,3,12H2,1-2H3,(H4,24,25,26,27). The average Bonchev–Trinajstić information content (AvgIpc) is 3.21. The Balaban J connectivity index is 1.73. The molecule has 0 spiro atoms. The lowest BCUT2D eigenvalue weighted by atomic mass is 9.94. The fraction of sp³-hybridized carbons (Fsp3) is 0.217. The van der Waals surface area contributed by atoms with Crippen LogP contribution in [0.3, 0.4) is 0 Å². The van der Waals surface area contributed by atoms with Gasteiger partial charge in [0.25, 0.3) is 0 Å². The Morgan fingerprint density at radius 1 is 1.13 bits per heavy atom. The van der Waals surface area contributed by atoms with Gasteiger partial charge >= 0.3 is 0 Å². The molecule has 7 heteroatoms. The van der Waals surface area contributed by atoms with E-state index in [1.54, 1.807) is 12.1 Å². The van der Waals surface area contributed by atoms with E-state index in [9.17, 15) is 5.11 Å². The Hall–Kier alpha value is -3.92. The number of ether oxygens (including phenoxy) is 2. The third-order valence-corrected chi connectivity index (χ3v) is 4.95. The van der Waals surface area contributed by atoms with Crippen molar-refractivity contribution in [2.45, 2.75) is 26.2 Å². The Kier molecular flexibility index (Phi) is 5.07. The maximum Gasteiger partial charge on any atom is 0.231 e. The normalized spacial score (nSPS) is 12.9. The zero-order chi connectivity index (χ0) is 21.3. The largest absolute Gasteiger partial charge is 0.508 e. The van der Waals surface area contributed by atoms with E-state index in [0.29, 0.717) is 23.5 Å². The van der Waals surface area contributed by atoms with E-state index < -0.39 is 0 Å².